The molecule has 0 bridgehead atoms. The van der Waals surface area contributed by atoms with Gasteiger partial charge in [0.1, 0.15) is 72.5 Å². The summed E-state index contributed by atoms with van der Waals surface area (Å²) in [6.45, 7) is -3.83. The lowest BCUT2D eigenvalue weighted by Gasteiger charge is -2.33. The summed E-state index contributed by atoms with van der Waals surface area (Å²) in [6.07, 6.45) is 16.5. The number of likely N-dealkylation sites (tertiary alicyclic amines) is 2. The van der Waals surface area contributed by atoms with Crippen LogP contribution in [0.25, 0.3) is 10.9 Å². The molecule has 4 aliphatic heterocycles. The Bertz CT molecular complexity index is 4890. The molecule has 1 aromatic carbocycles. The number of nitrogens with one attached hydrogen (secondary N) is 19. The van der Waals surface area contributed by atoms with Gasteiger partial charge in [-0.15, -0.1) is 0 Å². The van der Waals surface area contributed by atoms with Gasteiger partial charge in [-0.1, -0.05) is 101 Å². The highest BCUT2D eigenvalue weighted by atomic mass is 16.5. The Kier molecular flexibility index (Phi) is 57.5. The van der Waals surface area contributed by atoms with Crippen LogP contribution >= 0.6 is 0 Å². The molecular formula is C97H153N25O28. The summed E-state index contributed by atoms with van der Waals surface area (Å²) in [6, 6.07) is -12.9. The maximum absolute atomic E-state index is 15.6. The lowest BCUT2D eigenvalue weighted by atomic mass is 10.0. The van der Waals surface area contributed by atoms with E-state index in [4.69, 9.17) is 36.9 Å². The second-order valence-corrected chi connectivity index (χ2v) is 37.3. The maximum atomic E-state index is 15.6. The zero-order valence-corrected chi connectivity index (χ0v) is 85.1. The Morgan fingerprint density at radius 2 is 1.02 bits per heavy atom. The lowest BCUT2D eigenvalue weighted by Crippen LogP contribution is -2.61. The first-order chi connectivity index (χ1) is 71.8. The molecule has 12 atom stereocenters. The minimum absolute atomic E-state index is 0.0143. The number of aliphatic carboxylic acids is 4. The summed E-state index contributed by atoms with van der Waals surface area (Å²) in [5, 5.41) is 115. The Balaban J connectivity index is 1.15. The standard InChI is InChI=1S/C97H153N25O28/c1-60(125)110-69-37-41-103-78(127)53-72(117-91(144)70(51-61-54-108-64-27-17-16-26-63(61)64)115-86(139)65(29-21-39-106-96(98)99)111-79(128)55-109-84(137)71(116-90(69)143)52-62-25-20-38-102-62)94(147)122-46-24-32-76(122)95(148)121-45-23-31-75(121)93(146)114-67(30-22-40-107-97(100)101)87(140)113-68(35-36-81(131)132)89(142)112-66(28-18-19-44-120(56-82(133)134)57-83(135)136)88(141)119-74(59-124)92(145)118-73(58-123)85(138)105-43-48-150-50-49-149-47-42-104-77(126)33-14-12-10-8-6-4-2-3-5-7-9-11-13-15-34-80(129)130/h16-17,25-27,38,54,65-76,108,123-124H,2-15,18-24,28-37,39-53,55-59H2,1H3,(H,103,127)(H,104,126)(H,105,138)(H,109,137)(H,110,125)(H,111,128)(H,112,142)(H,113,140)(H,114,146)(H,115,139)(H,116,143)(H,117,144)(H,118,145)(H,119,141)(H,129,130)(H,131,132)(H,133,134)(H,135,136)(H4,98,99,106)(H4,100,101,107)/t65-,66-,67-,68-,69-,70-,71-,72-,73-,74-,75-,76-/m0/s1. The minimum Gasteiger partial charge on any atom is -0.481 e. The number of nitrogens with zero attached hydrogens (tertiary/aromatic N) is 4. The van der Waals surface area contributed by atoms with Gasteiger partial charge in [-0.05, 0) is 114 Å². The van der Waals surface area contributed by atoms with Crippen LogP contribution in [0.1, 0.15) is 224 Å². The third-order valence-corrected chi connectivity index (χ3v) is 25.3. The van der Waals surface area contributed by atoms with Gasteiger partial charge >= 0.3 is 23.9 Å². The van der Waals surface area contributed by atoms with E-state index in [2.05, 4.69) is 95.0 Å². The van der Waals surface area contributed by atoms with Crippen LogP contribution < -0.4 is 96.5 Å². The molecule has 3 saturated heterocycles. The van der Waals surface area contributed by atoms with Crippen molar-refractivity contribution in [1.29, 1.82) is 10.8 Å². The third kappa shape index (κ3) is 48.0. The van der Waals surface area contributed by atoms with Crippen LogP contribution in [0.15, 0.2) is 47.2 Å². The number of aliphatic imine (C=N–C) groups is 1. The number of hydrogen-bond acceptors (Lipinski definition) is 28. The normalized spacial score (nSPS) is 18.8. The number of carbonyl (C=O) groups excluding carboxylic acids is 16. The summed E-state index contributed by atoms with van der Waals surface area (Å²) in [5.41, 5.74) is 12.6. The molecule has 150 heavy (non-hydrogen) atoms. The van der Waals surface area contributed by atoms with E-state index in [-0.39, 0.29) is 168 Å². The minimum atomic E-state index is -1.94. The van der Waals surface area contributed by atoms with E-state index in [0.29, 0.717) is 35.0 Å². The first kappa shape index (κ1) is 125. The zero-order chi connectivity index (χ0) is 110. The molecule has 834 valence electrons. The topological polar surface area (TPSA) is 811 Å². The van der Waals surface area contributed by atoms with Crippen molar-refractivity contribution in [2.75, 3.05) is 112 Å². The van der Waals surface area contributed by atoms with Crippen LogP contribution in [0.5, 0.6) is 0 Å². The van der Waals surface area contributed by atoms with E-state index >= 15 is 19.2 Å². The largest absolute Gasteiger partial charge is 0.481 e. The molecule has 0 radical (unpaired) electrons. The van der Waals surface area contributed by atoms with Crippen LogP contribution in [0.3, 0.4) is 0 Å². The van der Waals surface area contributed by atoms with Gasteiger partial charge in [0.2, 0.25) is 94.5 Å². The molecule has 3 fully saturated rings. The molecule has 1 aromatic heterocycles. The summed E-state index contributed by atoms with van der Waals surface area (Å²) in [7, 11) is 0. The number of benzene rings is 1. The summed E-state index contributed by atoms with van der Waals surface area (Å²) in [4.78, 5) is 287. The molecule has 16 amide bonds. The van der Waals surface area contributed by atoms with E-state index in [1.54, 1.807) is 42.8 Å². The predicted molar refractivity (Wildman–Crippen MR) is 542 cm³/mol. The first-order valence-corrected chi connectivity index (χ1v) is 51.4. The molecule has 6 rings (SSSR count). The van der Waals surface area contributed by atoms with Crippen LogP contribution in [-0.2, 0) is 112 Å². The number of ether oxygens (including phenoxy) is 2. The fourth-order valence-corrected chi connectivity index (χ4v) is 17.5. The number of aliphatic hydroxyl groups is 2. The number of fused-ring (bicyclic) bond motifs is 1. The average Bonchev–Trinajstić information content (AvgIpc) is 1.65. The Labute approximate surface area is 868 Å². The monoisotopic (exact) mass is 2120 g/mol. The van der Waals surface area contributed by atoms with Crippen LogP contribution in [0.2, 0.25) is 0 Å². The molecule has 4 aliphatic rings. The number of aromatic amines is 1. The summed E-state index contributed by atoms with van der Waals surface area (Å²) < 4.78 is 11.1. The number of carbonyl (C=O) groups is 20. The fraction of sp³-hybridized carbons (Fsp3) is 0.660. The van der Waals surface area contributed by atoms with E-state index in [1.165, 1.54) is 32.1 Å². The Morgan fingerprint density at radius 1 is 0.500 bits per heavy atom. The van der Waals surface area contributed by atoms with Gasteiger partial charge in [0.25, 0.3) is 0 Å². The highest BCUT2D eigenvalue weighted by Crippen LogP contribution is 2.28. The van der Waals surface area contributed by atoms with E-state index in [0.717, 1.165) is 79.4 Å². The smallest absolute Gasteiger partial charge is 0.317 e. The highest BCUT2D eigenvalue weighted by Gasteiger charge is 2.46. The molecular weight excluding hydrogens is 1960 g/mol. The van der Waals surface area contributed by atoms with E-state index < -0.39 is 262 Å². The van der Waals surface area contributed by atoms with Gasteiger partial charge in [0.05, 0.1) is 65.7 Å². The quantitative estimate of drug-likeness (QED) is 0.0170. The van der Waals surface area contributed by atoms with Gasteiger partial charge in [-0.2, -0.15) is 0 Å². The Hall–Kier alpha value is -14.1. The number of aromatic nitrogens is 1. The van der Waals surface area contributed by atoms with Crippen LogP contribution in [-0.4, -0.2) is 371 Å². The van der Waals surface area contributed by atoms with Crippen molar-refractivity contribution in [3.63, 3.8) is 0 Å². The number of carboxylic acids is 4. The highest BCUT2D eigenvalue weighted by molar-refractivity contribution is 6.02. The number of guanidine groups is 2. The molecule has 29 N–H and O–H groups in total. The molecule has 0 aliphatic carbocycles. The number of carboxylic acid groups (broad SMARTS) is 4. The SMILES string of the molecule is CC(=O)N[C@H]1CCNC(=O)C[C@@H](C(=O)N2CCC[C@H]2C(=O)N2CCC[C@H]2C(=O)N[C@@H](CCCNC(=N)N)C(=O)N[C@@H](CCC(=O)O)C(=O)N[C@@H](CCCCN(CC(=O)O)CC(=O)O)C(=O)N[C@@H](CO)C(=O)N[C@@H](CO)C(=O)NCCOCCOCCNC(=O)CCCCCCCCCCCCCCCCC(=O)O)NC(=O)[C@H](Cc2c[nH]c3ccccc23)NC(=O)[C@H](CCCNC(=N)N)NC(=O)CNC(=O)[C@H](CC2=CCC=N2)NC1=O. The molecule has 53 nitrogen and oxygen atoms in total. The Morgan fingerprint density at radius 3 is 1.60 bits per heavy atom. The van der Waals surface area contributed by atoms with Gasteiger partial charge in [-0.25, -0.2) is 0 Å². The number of amides is 16. The molecule has 0 saturated carbocycles. The van der Waals surface area contributed by atoms with Crippen molar-refractivity contribution in [2.45, 2.75) is 298 Å². The van der Waals surface area contributed by atoms with Crippen LogP contribution in [0.4, 0.5) is 0 Å². The van der Waals surface area contributed by atoms with Gasteiger partial charge < -0.3 is 151 Å². The van der Waals surface area contributed by atoms with Crippen molar-refractivity contribution in [2.24, 2.45) is 16.5 Å². The molecule has 5 heterocycles. The molecule has 53 heteroatoms. The van der Waals surface area contributed by atoms with Crippen molar-refractivity contribution in [3.05, 3.63) is 47.8 Å². The van der Waals surface area contributed by atoms with Gasteiger partial charge in [0, 0.05) is 120 Å². The van der Waals surface area contributed by atoms with E-state index in [1.807, 2.05) is 0 Å². The molecule has 0 spiro atoms. The number of aliphatic hydroxyl groups excluding tert-OH is 2. The van der Waals surface area contributed by atoms with Crippen molar-refractivity contribution in [3.8, 4) is 0 Å². The zero-order valence-electron chi connectivity index (χ0n) is 85.1. The summed E-state index contributed by atoms with van der Waals surface area (Å²) >= 11 is 0. The number of hydrogen-bond donors (Lipinski definition) is 27. The van der Waals surface area contributed by atoms with Crippen molar-refractivity contribution in [1.82, 2.24) is 105 Å². The third-order valence-electron chi connectivity index (χ3n) is 25.3. The number of H-pyrrole nitrogens is 1. The predicted octanol–water partition coefficient (Wildman–Crippen LogP) is -4.06. The second kappa shape index (κ2) is 69.2. The summed E-state index contributed by atoms with van der Waals surface area (Å²) in [5.74, 6) is -21.0. The lowest BCUT2D eigenvalue weighted by molar-refractivity contribution is -0.148. The number of unbranched alkanes of at least 4 members (excludes halogenated alkanes) is 14. The second-order valence-electron chi connectivity index (χ2n) is 37.3. The average molecular weight is 2120 g/mol. The maximum Gasteiger partial charge on any atom is 0.317 e. The number of para-hydroxylation sites is 1. The van der Waals surface area contributed by atoms with E-state index in [9.17, 15) is 102 Å². The fourth-order valence-electron chi connectivity index (χ4n) is 17.5. The van der Waals surface area contributed by atoms with Gasteiger partial charge in [0.15, 0.2) is 11.9 Å². The number of nitrogens with two attached hydrogens (primary N) is 2. The number of rotatable bonds is 66. The first-order valence-electron chi connectivity index (χ1n) is 51.4. The van der Waals surface area contributed by atoms with Gasteiger partial charge in [-0.3, -0.25) is 117 Å². The molecule has 0 unspecified atom stereocenters. The van der Waals surface area contributed by atoms with Crippen molar-refractivity contribution >= 4 is 147 Å². The van der Waals surface area contributed by atoms with Crippen LogP contribution in [0, 0.1) is 10.8 Å². The van der Waals surface area contributed by atoms with Crippen molar-refractivity contribution < 1.29 is 136 Å². The number of allylic oxidation sites excluding steroid dienone is 1. The molecule has 2 aromatic rings.